The zero-order valence-electron chi connectivity index (χ0n) is 14.9. The third-order valence-corrected chi connectivity index (χ3v) is 4.76. The number of aryl methyl sites for hydroxylation is 2. The molecule has 0 bridgehead atoms. The largest absolute Gasteiger partial charge is 0.337 e. The van der Waals surface area contributed by atoms with Gasteiger partial charge >= 0.3 is 6.03 Å². The van der Waals surface area contributed by atoms with E-state index in [9.17, 15) is 4.79 Å². The molecule has 3 rings (SSSR count). The molecule has 3 aromatic heterocycles. The first-order valence-corrected chi connectivity index (χ1v) is 8.82. The molecule has 0 saturated carbocycles. The number of amides is 2. The number of nitrogens with zero attached hydrogens (tertiary/aromatic N) is 6. The van der Waals surface area contributed by atoms with E-state index in [1.807, 2.05) is 20.8 Å². The van der Waals surface area contributed by atoms with E-state index in [4.69, 9.17) is 4.52 Å². The van der Waals surface area contributed by atoms with Crippen LogP contribution in [0.1, 0.15) is 34.4 Å². The van der Waals surface area contributed by atoms with Crippen molar-refractivity contribution in [2.45, 2.75) is 33.4 Å². The van der Waals surface area contributed by atoms with E-state index in [2.05, 4.69) is 30.4 Å². The van der Waals surface area contributed by atoms with Gasteiger partial charge in [0.05, 0.1) is 23.3 Å². The summed E-state index contributed by atoms with van der Waals surface area (Å²) in [4.78, 5) is 31.9. The van der Waals surface area contributed by atoms with E-state index in [-0.39, 0.29) is 30.3 Å². The highest BCUT2D eigenvalue weighted by Crippen LogP contribution is 2.25. The summed E-state index contributed by atoms with van der Waals surface area (Å²) in [6.07, 6.45) is 3.19. The third kappa shape index (κ3) is 3.85. The fraction of sp³-hybridized carbons (Fsp3) is 0.375. The van der Waals surface area contributed by atoms with Crippen LogP contribution in [0.2, 0.25) is 0 Å². The van der Waals surface area contributed by atoms with Crippen molar-refractivity contribution in [3.05, 3.63) is 39.9 Å². The van der Waals surface area contributed by atoms with Crippen molar-refractivity contribution in [2.24, 2.45) is 0 Å². The Hall–Kier alpha value is -2.88. The van der Waals surface area contributed by atoms with Gasteiger partial charge in [-0.25, -0.2) is 19.7 Å². The van der Waals surface area contributed by atoms with Crippen LogP contribution in [0.3, 0.4) is 0 Å². The van der Waals surface area contributed by atoms with Crippen LogP contribution in [0.25, 0.3) is 11.6 Å². The lowest BCUT2D eigenvalue weighted by Gasteiger charge is -2.24. The normalized spacial score (nSPS) is 12.0. The lowest BCUT2D eigenvalue weighted by atomic mass is 10.2. The molecule has 0 aromatic carbocycles. The second-order valence-electron chi connectivity index (χ2n) is 5.70. The number of hydrogen-bond donors (Lipinski definition) is 1. The number of thiazole rings is 1. The molecule has 0 aliphatic rings. The maximum atomic E-state index is 12.4. The molecule has 1 N–H and O–H groups in total. The molecular formula is C16H19N7O2S. The average molecular weight is 373 g/mol. The molecule has 3 aromatic rings. The Labute approximate surface area is 154 Å². The lowest BCUT2D eigenvalue weighted by molar-refractivity contribution is 0.191. The quantitative estimate of drug-likeness (QED) is 0.731. The van der Waals surface area contributed by atoms with Gasteiger partial charge in [0, 0.05) is 24.3 Å². The van der Waals surface area contributed by atoms with Crippen molar-refractivity contribution < 1.29 is 9.32 Å². The number of urea groups is 1. The first-order valence-electron chi connectivity index (χ1n) is 8.00. The number of aromatic nitrogens is 5. The van der Waals surface area contributed by atoms with E-state index in [1.54, 1.807) is 41.7 Å². The van der Waals surface area contributed by atoms with E-state index in [1.165, 1.54) is 0 Å². The van der Waals surface area contributed by atoms with Crippen molar-refractivity contribution >= 4 is 17.4 Å². The van der Waals surface area contributed by atoms with Crippen LogP contribution in [-0.2, 0) is 6.54 Å². The monoisotopic (exact) mass is 373 g/mol. The Kier molecular flexibility index (Phi) is 5.21. The number of rotatable bonds is 5. The van der Waals surface area contributed by atoms with Crippen LogP contribution in [0, 0.1) is 13.8 Å². The van der Waals surface area contributed by atoms with Gasteiger partial charge in [0.1, 0.15) is 0 Å². The first-order chi connectivity index (χ1) is 12.5. The van der Waals surface area contributed by atoms with Crippen LogP contribution < -0.4 is 5.32 Å². The summed E-state index contributed by atoms with van der Waals surface area (Å²) in [6, 6.07) is 1.31. The second-order valence-corrected chi connectivity index (χ2v) is 7.11. The Morgan fingerprint density at radius 1 is 1.27 bits per heavy atom. The smallest absolute Gasteiger partial charge is 0.318 e. The van der Waals surface area contributed by atoms with Crippen molar-refractivity contribution in [1.82, 2.24) is 35.3 Å². The number of hydrogen-bond acceptors (Lipinski definition) is 8. The zero-order valence-corrected chi connectivity index (χ0v) is 15.7. The molecule has 3 heterocycles. The van der Waals surface area contributed by atoms with Crippen molar-refractivity contribution in [2.75, 3.05) is 7.05 Å². The SMILES string of the molecule is Cc1nc([C@H](C)N(C)C(=O)NCc2nc(-c3ncccn3)no2)c(C)s1. The van der Waals surface area contributed by atoms with Crippen LogP contribution in [-0.4, -0.2) is 43.1 Å². The van der Waals surface area contributed by atoms with Gasteiger partial charge in [-0.05, 0) is 26.8 Å². The van der Waals surface area contributed by atoms with E-state index in [0.717, 1.165) is 15.6 Å². The predicted molar refractivity (Wildman–Crippen MR) is 95.3 cm³/mol. The van der Waals surface area contributed by atoms with Gasteiger partial charge in [0.15, 0.2) is 0 Å². The van der Waals surface area contributed by atoms with E-state index >= 15 is 0 Å². The molecule has 0 aliphatic carbocycles. The Morgan fingerprint density at radius 2 is 2.00 bits per heavy atom. The molecule has 0 aliphatic heterocycles. The maximum Gasteiger partial charge on any atom is 0.318 e. The maximum absolute atomic E-state index is 12.4. The highest BCUT2D eigenvalue weighted by molar-refractivity contribution is 7.11. The molecule has 26 heavy (non-hydrogen) atoms. The van der Waals surface area contributed by atoms with Crippen molar-refractivity contribution in [3.63, 3.8) is 0 Å². The number of carbonyl (C=O) groups excluding carboxylic acids is 1. The van der Waals surface area contributed by atoms with Crippen molar-refractivity contribution in [1.29, 1.82) is 0 Å². The predicted octanol–water partition coefficient (Wildman–Crippen LogP) is 2.50. The summed E-state index contributed by atoms with van der Waals surface area (Å²) in [5.41, 5.74) is 0.909. The van der Waals surface area contributed by atoms with Gasteiger partial charge in [-0.2, -0.15) is 4.98 Å². The minimum Gasteiger partial charge on any atom is -0.337 e. The molecule has 0 fully saturated rings. The summed E-state index contributed by atoms with van der Waals surface area (Å²) in [5.74, 6) is 0.932. The molecule has 0 spiro atoms. The lowest BCUT2D eigenvalue weighted by Crippen LogP contribution is -2.38. The summed E-state index contributed by atoms with van der Waals surface area (Å²) in [7, 11) is 1.73. The van der Waals surface area contributed by atoms with Gasteiger partial charge in [-0.15, -0.1) is 11.3 Å². The topological polar surface area (TPSA) is 110 Å². The first kappa shape index (κ1) is 17.9. The van der Waals surface area contributed by atoms with E-state index < -0.39 is 0 Å². The molecule has 136 valence electrons. The summed E-state index contributed by atoms with van der Waals surface area (Å²) < 4.78 is 5.13. The van der Waals surface area contributed by atoms with Gasteiger partial charge in [-0.1, -0.05) is 5.16 Å². The second kappa shape index (κ2) is 7.56. The molecule has 2 amide bonds. The zero-order chi connectivity index (χ0) is 18.7. The van der Waals surface area contributed by atoms with Crippen LogP contribution in [0.5, 0.6) is 0 Å². The minimum absolute atomic E-state index is 0.116. The van der Waals surface area contributed by atoms with Crippen LogP contribution in [0.15, 0.2) is 23.0 Å². The van der Waals surface area contributed by atoms with Gasteiger partial charge in [0.25, 0.3) is 0 Å². The Morgan fingerprint density at radius 3 is 2.65 bits per heavy atom. The highest BCUT2D eigenvalue weighted by atomic mass is 32.1. The summed E-state index contributed by atoms with van der Waals surface area (Å²) >= 11 is 1.62. The summed E-state index contributed by atoms with van der Waals surface area (Å²) in [5, 5.41) is 7.57. The van der Waals surface area contributed by atoms with Crippen LogP contribution in [0.4, 0.5) is 4.79 Å². The molecule has 0 saturated heterocycles. The molecule has 1 atom stereocenters. The fourth-order valence-corrected chi connectivity index (χ4v) is 3.31. The molecular weight excluding hydrogens is 354 g/mol. The average Bonchev–Trinajstić information content (AvgIpc) is 3.25. The minimum atomic E-state index is -0.252. The fourth-order valence-electron chi connectivity index (χ4n) is 2.40. The van der Waals surface area contributed by atoms with Crippen molar-refractivity contribution in [3.8, 4) is 11.6 Å². The van der Waals surface area contributed by atoms with Gasteiger partial charge in [-0.3, -0.25) is 0 Å². The Balaban J connectivity index is 1.60. The number of nitrogens with one attached hydrogen (secondary N) is 1. The molecule has 0 unspecified atom stereocenters. The molecule has 9 nitrogen and oxygen atoms in total. The summed E-state index contributed by atoms with van der Waals surface area (Å²) in [6.45, 7) is 6.02. The van der Waals surface area contributed by atoms with Gasteiger partial charge in [0.2, 0.25) is 17.5 Å². The van der Waals surface area contributed by atoms with E-state index in [0.29, 0.717) is 5.82 Å². The highest BCUT2D eigenvalue weighted by Gasteiger charge is 2.22. The Bertz CT molecular complexity index is 893. The van der Waals surface area contributed by atoms with Crippen LogP contribution >= 0.6 is 11.3 Å². The molecule has 10 heteroatoms. The number of carbonyl (C=O) groups is 1. The molecule has 0 radical (unpaired) electrons. The van der Waals surface area contributed by atoms with Gasteiger partial charge < -0.3 is 14.7 Å². The third-order valence-electron chi connectivity index (χ3n) is 3.86. The standard InChI is InChI=1S/C16H19N7O2S/c1-9(13-10(2)26-11(3)20-13)23(4)16(24)19-8-12-21-15(22-25-12)14-17-6-5-7-18-14/h5-7,9H,8H2,1-4H3,(H,19,24)/t9-/m0/s1.